The van der Waals surface area contributed by atoms with E-state index in [4.69, 9.17) is 15.4 Å². The van der Waals surface area contributed by atoms with Crippen LogP contribution in [0.1, 0.15) is 55.8 Å². The summed E-state index contributed by atoms with van der Waals surface area (Å²) in [6.45, 7) is -0.149. The first-order chi connectivity index (χ1) is 9.24. The average molecular weight is 263 g/mol. The molecule has 4 aliphatic rings. The van der Waals surface area contributed by atoms with Crippen molar-refractivity contribution in [2.24, 2.45) is 29.4 Å². The van der Waals surface area contributed by atoms with Crippen molar-refractivity contribution in [2.75, 3.05) is 6.61 Å². The largest absolute Gasteiger partial charge is 0.394 e. The van der Waals surface area contributed by atoms with E-state index in [-0.39, 0.29) is 6.61 Å². The molecule has 4 aliphatic carbocycles. The van der Waals surface area contributed by atoms with Crippen molar-refractivity contribution < 1.29 is 9.63 Å². The van der Waals surface area contributed by atoms with E-state index in [9.17, 15) is 0 Å². The standard InChI is InChI=1S/C14H21N3O2/c15-11(6-18)14-16-13(17-19-14)12-9-2-7-1-8(4-9)5-10(12)3-7/h7-12,18H,1-6,15H2. The Labute approximate surface area is 112 Å². The third-order valence-corrected chi connectivity index (χ3v) is 5.50. The summed E-state index contributed by atoms with van der Waals surface area (Å²) in [5.74, 6) is 5.07. The first kappa shape index (κ1) is 11.9. The van der Waals surface area contributed by atoms with Crippen molar-refractivity contribution >= 4 is 0 Å². The van der Waals surface area contributed by atoms with E-state index >= 15 is 0 Å². The molecule has 1 aromatic rings. The Morgan fingerprint density at radius 1 is 1.16 bits per heavy atom. The molecule has 0 radical (unpaired) electrons. The zero-order valence-corrected chi connectivity index (χ0v) is 11.0. The number of rotatable bonds is 3. The molecule has 0 spiro atoms. The van der Waals surface area contributed by atoms with Gasteiger partial charge in [-0.05, 0) is 55.8 Å². The van der Waals surface area contributed by atoms with Crippen LogP contribution < -0.4 is 5.73 Å². The van der Waals surface area contributed by atoms with Crippen molar-refractivity contribution in [3.63, 3.8) is 0 Å². The normalized spacial score (nSPS) is 41.7. The van der Waals surface area contributed by atoms with Crippen molar-refractivity contribution in [2.45, 2.75) is 44.1 Å². The zero-order chi connectivity index (χ0) is 13.0. The highest BCUT2D eigenvalue weighted by atomic mass is 16.5. The van der Waals surface area contributed by atoms with Crippen molar-refractivity contribution in [1.82, 2.24) is 10.1 Å². The summed E-state index contributed by atoms with van der Waals surface area (Å²) >= 11 is 0. The minimum Gasteiger partial charge on any atom is -0.394 e. The molecule has 19 heavy (non-hydrogen) atoms. The van der Waals surface area contributed by atoms with Gasteiger partial charge in [0.05, 0.1) is 6.61 Å². The molecule has 1 heterocycles. The van der Waals surface area contributed by atoms with E-state index < -0.39 is 6.04 Å². The Morgan fingerprint density at radius 3 is 2.37 bits per heavy atom. The van der Waals surface area contributed by atoms with Gasteiger partial charge >= 0.3 is 0 Å². The zero-order valence-electron chi connectivity index (χ0n) is 11.0. The van der Waals surface area contributed by atoms with Crippen LogP contribution in [0, 0.1) is 23.7 Å². The summed E-state index contributed by atoms with van der Waals surface area (Å²) in [5.41, 5.74) is 5.74. The van der Waals surface area contributed by atoms with Crippen LogP contribution in [-0.2, 0) is 0 Å². The molecule has 4 bridgehead atoms. The van der Waals surface area contributed by atoms with Gasteiger partial charge in [0.25, 0.3) is 0 Å². The second-order valence-corrected chi connectivity index (χ2v) is 6.74. The number of nitrogens with two attached hydrogens (primary N) is 1. The summed E-state index contributed by atoms with van der Waals surface area (Å²) in [6, 6.07) is -0.543. The fraction of sp³-hybridized carbons (Fsp3) is 0.857. The van der Waals surface area contributed by atoms with Gasteiger partial charge in [-0.25, -0.2) is 0 Å². The lowest BCUT2D eigenvalue weighted by molar-refractivity contribution is -0.00629. The second-order valence-electron chi connectivity index (χ2n) is 6.74. The van der Waals surface area contributed by atoms with E-state index in [1.165, 1.54) is 32.1 Å². The van der Waals surface area contributed by atoms with Crippen LogP contribution in [0.15, 0.2) is 4.52 Å². The van der Waals surface area contributed by atoms with Gasteiger partial charge in [-0.1, -0.05) is 5.16 Å². The topological polar surface area (TPSA) is 85.2 Å². The molecule has 1 atom stereocenters. The van der Waals surface area contributed by atoms with E-state index in [1.807, 2.05) is 0 Å². The molecule has 5 nitrogen and oxygen atoms in total. The van der Waals surface area contributed by atoms with Crippen molar-refractivity contribution in [1.29, 1.82) is 0 Å². The highest BCUT2D eigenvalue weighted by molar-refractivity contribution is 5.10. The van der Waals surface area contributed by atoms with Gasteiger partial charge < -0.3 is 15.4 Å². The maximum atomic E-state index is 9.06. The molecule has 4 saturated carbocycles. The first-order valence-corrected chi connectivity index (χ1v) is 7.44. The van der Waals surface area contributed by atoms with Crippen LogP contribution in [0.5, 0.6) is 0 Å². The lowest BCUT2D eigenvalue weighted by Gasteiger charge is -2.53. The van der Waals surface area contributed by atoms with Gasteiger partial charge in [-0.2, -0.15) is 4.98 Å². The molecular weight excluding hydrogens is 242 g/mol. The predicted octanol–water partition coefficient (Wildman–Crippen LogP) is 1.60. The Morgan fingerprint density at radius 2 is 1.79 bits per heavy atom. The molecule has 0 saturated heterocycles. The van der Waals surface area contributed by atoms with Gasteiger partial charge in [0.1, 0.15) is 6.04 Å². The highest BCUT2D eigenvalue weighted by Gasteiger charge is 2.50. The Kier molecular flexibility index (Phi) is 2.67. The van der Waals surface area contributed by atoms with E-state index in [2.05, 4.69) is 10.1 Å². The highest BCUT2D eigenvalue weighted by Crippen LogP contribution is 2.59. The average Bonchev–Trinajstić information content (AvgIpc) is 2.86. The van der Waals surface area contributed by atoms with Crippen molar-refractivity contribution in [3.8, 4) is 0 Å². The molecule has 0 amide bonds. The van der Waals surface area contributed by atoms with Gasteiger partial charge in [0.15, 0.2) is 5.82 Å². The van der Waals surface area contributed by atoms with Crippen LogP contribution in [0.4, 0.5) is 0 Å². The van der Waals surface area contributed by atoms with Crippen LogP contribution in [0.25, 0.3) is 0 Å². The third kappa shape index (κ3) is 1.82. The fourth-order valence-electron chi connectivity index (χ4n) is 4.96. The smallest absolute Gasteiger partial charge is 0.245 e. The Bertz CT molecular complexity index is 445. The van der Waals surface area contributed by atoms with Gasteiger partial charge in [0, 0.05) is 5.92 Å². The van der Waals surface area contributed by atoms with Crippen LogP contribution in [0.2, 0.25) is 0 Å². The minimum absolute atomic E-state index is 0.149. The number of hydrogen-bond donors (Lipinski definition) is 2. The van der Waals surface area contributed by atoms with Crippen LogP contribution >= 0.6 is 0 Å². The number of aliphatic hydroxyl groups is 1. The minimum atomic E-state index is -0.543. The summed E-state index contributed by atoms with van der Waals surface area (Å²) in [5, 5.41) is 13.2. The van der Waals surface area contributed by atoms with Gasteiger partial charge in [-0.3, -0.25) is 0 Å². The second kappa shape index (κ2) is 4.28. The summed E-state index contributed by atoms with van der Waals surface area (Å²) in [7, 11) is 0. The summed E-state index contributed by atoms with van der Waals surface area (Å²) in [6.07, 6.45) is 6.81. The molecular formula is C14H21N3O2. The Balaban J connectivity index is 1.60. The number of hydrogen-bond acceptors (Lipinski definition) is 5. The van der Waals surface area contributed by atoms with Crippen LogP contribution in [0.3, 0.4) is 0 Å². The van der Waals surface area contributed by atoms with Crippen molar-refractivity contribution in [3.05, 3.63) is 11.7 Å². The number of nitrogens with zero attached hydrogens (tertiary/aromatic N) is 2. The number of aliphatic hydroxyl groups excluding tert-OH is 1. The number of aromatic nitrogens is 2. The molecule has 1 unspecified atom stereocenters. The summed E-state index contributed by atoms with van der Waals surface area (Å²) in [4.78, 5) is 4.46. The molecule has 3 N–H and O–H groups in total. The van der Waals surface area contributed by atoms with E-state index in [0.717, 1.165) is 29.5 Å². The van der Waals surface area contributed by atoms with Gasteiger partial charge in [0.2, 0.25) is 5.89 Å². The van der Waals surface area contributed by atoms with E-state index in [0.29, 0.717) is 11.8 Å². The molecule has 5 rings (SSSR count). The SMILES string of the molecule is NC(CO)c1nc(C2C3CC4CC(C3)CC2C4)no1. The fourth-order valence-corrected chi connectivity index (χ4v) is 4.96. The quantitative estimate of drug-likeness (QED) is 0.865. The van der Waals surface area contributed by atoms with E-state index in [1.54, 1.807) is 0 Å². The molecule has 0 aliphatic heterocycles. The predicted molar refractivity (Wildman–Crippen MR) is 68.1 cm³/mol. The molecule has 4 fully saturated rings. The first-order valence-electron chi connectivity index (χ1n) is 7.44. The maximum Gasteiger partial charge on any atom is 0.245 e. The molecule has 1 aromatic heterocycles. The van der Waals surface area contributed by atoms with Gasteiger partial charge in [-0.15, -0.1) is 0 Å². The lowest BCUT2D eigenvalue weighted by Crippen LogP contribution is -2.44. The molecule has 0 aromatic carbocycles. The molecule has 104 valence electrons. The Hall–Kier alpha value is -0.940. The molecule has 5 heteroatoms. The maximum absolute atomic E-state index is 9.06. The van der Waals surface area contributed by atoms with Crippen LogP contribution in [-0.4, -0.2) is 21.9 Å². The lowest BCUT2D eigenvalue weighted by atomic mass is 9.52. The third-order valence-electron chi connectivity index (χ3n) is 5.50. The monoisotopic (exact) mass is 263 g/mol. The summed E-state index contributed by atoms with van der Waals surface area (Å²) < 4.78 is 5.23.